The van der Waals surface area contributed by atoms with Gasteiger partial charge in [0.2, 0.25) is 0 Å². The zero-order valence-corrected chi connectivity index (χ0v) is 11.9. The Labute approximate surface area is 87.6 Å². The second kappa shape index (κ2) is 32.6. The van der Waals surface area contributed by atoms with Crippen LogP contribution in [-0.2, 0) is 40.0 Å². The summed E-state index contributed by atoms with van der Waals surface area (Å²) in [7, 11) is 12.7. The van der Waals surface area contributed by atoms with Crippen LogP contribution in [0.2, 0.25) is 0 Å². The summed E-state index contributed by atoms with van der Waals surface area (Å²) < 4.78 is 0. The fraction of sp³-hybridized carbons (Fsp3) is 0.500. The molecule has 2 atom stereocenters. The van der Waals surface area contributed by atoms with E-state index in [-0.39, 0.29) is 0 Å². The van der Waals surface area contributed by atoms with Crippen molar-refractivity contribution < 1.29 is 40.0 Å². The average molecular weight is 558 g/mol. The topological polar surface area (TPSA) is 0 Å². The summed E-state index contributed by atoms with van der Waals surface area (Å²) in [5.41, 5.74) is 0. The van der Waals surface area contributed by atoms with Crippen molar-refractivity contribution in [3.05, 3.63) is 6.92 Å². The van der Waals surface area contributed by atoms with Gasteiger partial charge in [0.1, 0.15) is 0 Å². The second-order valence-electron chi connectivity index (χ2n) is 0.454. The van der Waals surface area contributed by atoms with Gasteiger partial charge in [0.25, 0.3) is 0 Å². The van der Waals surface area contributed by atoms with Crippen LogP contribution in [0, 0.1) is 6.92 Å². The van der Waals surface area contributed by atoms with Crippen LogP contribution < -0.4 is 0 Å². The van der Waals surface area contributed by atoms with Crippen LogP contribution in [0.5, 0.6) is 0 Å². The van der Waals surface area contributed by atoms with Gasteiger partial charge in [-0.05, 0) is 0 Å². The van der Waals surface area contributed by atoms with Crippen molar-refractivity contribution in [1.82, 2.24) is 0 Å². The maximum atomic E-state index is 4.58. The molecule has 0 N–H and O–H groups in total. The van der Waals surface area contributed by atoms with Gasteiger partial charge in [-0.15, -0.1) is 17.2 Å². The molecule has 0 amide bonds. The Bertz CT molecular complexity index is 18.0. The average Bonchev–Trinajstić information content (AvgIpc) is 1.96. The Morgan fingerprint density at radius 1 is 1.38 bits per heavy atom. The van der Waals surface area contributed by atoms with E-state index in [1.165, 1.54) is 0 Å². The molecule has 0 aromatic rings. The van der Waals surface area contributed by atoms with Gasteiger partial charge in [-0.25, -0.2) is 0 Å². The number of hydrogen-bond acceptors (Lipinski definition) is 0. The molecule has 2 unspecified atom stereocenters. The van der Waals surface area contributed by atoms with Crippen LogP contribution in [-0.4, -0.2) is 6.16 Å². The minimum absolute atomic E-state index is 0.946. The van der Waals surface area contributed by atoms with Gasteiger partial charge in [-0.2, -0.15) is 6.16 Å². The molecule has 0 nitrogen and oxygen atoms in total. The first kappa shape index (κ1) is 17.1. The van der Waals surface area contributed by atoms with Crippen molar-refractivity contribution >= 4 is 35.6 Å². The third-order valence-corrected chi connectivity index (χ3v) is 1.30. The molecular weight excluding hydrogens is 551 g/mol. The molecule has 0 radical (unpaired) electrons. The van der Waals surface area contributed by atoms with Gasteiger partial charge < -0.3 is 6.92 Å². The molecule has 0 spiro atoms. The summed E-state index contributed by atoms with van der Waals surface area (Å²) in [4.78, 5) is 0. The van der Waals surface area contributed by atoms with Crippen LogP contribution in [0.4, 0.5) is 0 Å². The Kier molecular flexibility index (Phi) is 69.8. The summed E-state index contributed by atoms with van der Waals surface area (Å²) in [6, 6.07) is 0. The molecule has 0 bridgehead atoms. The van der Waals surface area contributed by atoms with Gasteiger partial charge in [-0.3, -0.25) is 0 Å². The fourth-order valence-corrected chi connectivity index (χ4v) is 0. The fourth-order valence-electron chi connectivity index (χ4n) is 0. The minimum atomic E-state index is 0.946. The zero-order chi connectivity index (χ0) is 7.41. The molecule has 0 aliphatic rings. The van der Waals surface area contributed by atoms with Crippen molar-refractivity contribution in [3.63, 3.8) is 0 Å². The van der Waals surface area contributed by atoms with Crippen LogP contribution in [0.15, 0.2) is 0 Å². The molecule has 0 aliphatic heterocycles. The van der Waals surface area contributed by atoms with E-state index >= 15 is 0 Å². The molecule has 0 heterocycles. The van der Waals surface area contributed by atoms with Gasteiger partial charge in [0.15, 0.2) is 0 Å². The number of halogens is 2. The molecule has 0 aromatic carbocycles. The van der Waals surface area contributed by atoms with E-state index in [4.69, 9.17) is 0 Å². The molecule has 8 heavy (non-hydrogen) atoms. The molecule has 0 aliphatic carbocycles. The van der Waals surface area contributed by atoms with E-state index in [9.17, 15) is 0 Å². The third-order valence-electron chi connectivity index (χ3n) is 0.144. The van der Waals surface area contributed by atoms with Crippen molar-refractivity contribution in [3.8, 4) is 0 Å². The van der Waals surface area contributed by atoms with Gasteiger partial charge in [-0.1, -0.05) is 0 Å². The normalized spacial score (nSPS) is 7.00. The zero-order valence-electron chi connectivity index (χ0n) is 3.85. The molecule has 0 aromatic heterocycles. The SMILES string of the molecule is [CH2-]CPP.[Cl][Au].[Cl][Au]. The van der Waals surface area contributed by atoms with E-state index in [0.717, 1.165) is 14.4 Å². The third kappa shape index (κ3) is 36.4. The molecule has 0 fully saturated rings. The van der Waals surface area contributed by atoms with E-state index < -0.39 is 0 Å². The standard InChI is InChI=1S/C2H7P2.2Au.2ClH/c1-2-4-3;;;;/h4H,1-3H2;;;2*1H/q-1;2*+1;;/p-2. The molecular formula is C2H7Au2Cl2P2-. The van der Waals surface area contributed by atoms with Crippen molar-refractivity contribution in [2.24, 2.45) is 0 Å². The Morgan fingerprint density at radius 2 is 1.50 bits per heavy atom. The van der Waals surface area contributed by atoms with Crippen LogP contribution in [0.25, 0.3) is 0 Å². The predicted molar refractivity (Wildman–Crippen MR) is 40.0 cm³/mol. The Hall–Kier alpha value is 2.92. The van der Waals surface area contributed by atoms with E-state index in [1.54, 1.807) is 40.0 Å². The number of hydrogen-bond donors (Lipinski definition) is 0. The Morgan fingerprint density at radius 3 is 1.50 bits per heavy atom. The summed E-state index contributed by atoms with van der Waals surface area (Å²) in [5.74, 6) is 0. The number of rotatable bonds is 1. The monoisotopic (exact) mass is 557 g/mol. The van der Waals surface area contributed by atoms with E-state index in [2.05, 4.69) is 34.2 Å². The quantitative estimate of drug-likeness (QED) is 0.264. The van der Waals surface area contributed by atoms with Crippen molar-refractivity contribution in [1.29, 1.82) is 0 Å². The maximum absolute atomic E-state index is 4.58. The van der Waals surface area contributed by atoms with Crippen LogP contribution in [0.3, 0.4) is 0 Å². The van der Waals surface area contributed by atoms with Gasteiger partial charge in [0.05, 0.1) is 0 Å². The molecule has 0 saturated heterocycles. The summed E-state index contributed by atoms with van der Waals surface area (Å²) in [5, 5.41) is 0. The predicted octanol–water partition coefficient (Wildman–Crippen LogP) is 2.66. The molecule has 0 saturated carbocycles. The molecule has 6 heteroatoms. The Balaban J connectivity index is -0.0000000542. The first-order valence-electron chi connectivity index (χ1n) is 1.37. The first-order valence-corrected chi connectivity index (χ1v) is 9.76. The van der Waals surface area contributed by atoms with Crippen molar-refractivity contribution in [2.45, 2.75) is 0 Å². The first-order chi connectivity index (χ1) is 3.91. The summed E-state index contributed by atoms with van der Waals surface area (Å²) in [6.45, 7) is 3.60. The van der Waals surface area contributed by atoms with Crippen LogP contribution >= 0.6 is 35.6 Å². The van der Waals surface area contributed by atoms with Gasteiger partial charge in [0, 0.05) is 0 Å². The second-order valence-corrected chi connectivity index (χ2v) is 2.59. The summed E-state index contributed by atoms with van der Waals surface area (Å²) >= 11 is 3.50. The molecule has 62 valence electrons. The van der Waals surface area contributed by atoms with Crippen molar-refractivity contribution in [2.75, 3.05) is 6.16 Å². The van der Waals surface area contributed by atoms with E-state index in [0.29, 0.717) is 0 Å². The van der Waals surface area contributed by atoms with Gasteiger partial charge >= 0.3 is 58.4 Å². The molecule has 0 rings (SSSR count). The van der Waals surface area contributed by atoms with E-state index in [1.807, 2.05) is 0 Å². The van der Waals surface area contributed by atoms with Crippen LogP contribution in [0.1, 0.15) is 0 Å². The summed E-state index contributed by atoms with van der Waals surface area (Å²) in [6.07, 6.45) is 1.06.